The van der Waals surface area contributed by atoms with E-state index in [9.17, 15) is 0 Å². The van der Waals surface area contributed by atoms with E-state index >= 15 is 0 Å². The van der Waals surface area contributed by atoms with Crippen molar-refractivity contribution in [3.05, 3.63) is 17.3 Å². The number of rotatable bonds is 0. The van der Waals surface area contributed by atoms with Crippen LogP contribution in [0.15, 0.2) is 0 Å². The summed E-state index contributed by atoms with van der Waals surface area (Å²) in [5.41, 5.74) is 2.82. The van der Waals surface area contributed by atoms with Gasteiger partial charge < -0.3 is 4.57 Å². The van der Waals surface area contributed by atoms with Gasteiger partial charge in [-0.05, 0) is 20.8 Å². The Labute approximate surface area is 76.7 Å². The molecule has 0 aromatic carbocycles. The Hall–Kier alpha value is -1.45. The van der Waals surface area contributed by atoms with Crippen molar-refractivity contribution >= 4 is 11.2 Å². The fraction of sp³-hybridized carbons (Fsp3) is 0.444. The lowest BCUT2D eigenvalue weighted by atomic mass is 10.4. The molecule has 0 fully saturated rings. The molecular formula is C9H12N4. The molecule has 2 heterocycles. The van der Waals surface area contributed by atoms with E-state index in [-0.39, 0.29) is 0 Å². The van der Waals surface area contributed by atoms with E-state index in [4.69, 9.17) is 0 Å². The molecule has 0 atom stereocenters. The van der Waals surface area contributed by atoms with Gasteiger partial charge in [0.1, 0.15) is 17.2 Å². The van der Waals surface area contributed by atoms with Crippen molar-refractivity contribution in [1.29, 1.82) is 0 Å². The summed E-state index contributed by atoms with van der Waals surface area (Å²) in [6.07, 6.45) is 0. The summed E-state index contributed by atoms with van der Waals surface area (Å²) in [5, 5.41) is 0. The molecule has 4 heteroatoms. The molecule has 0 aliphatic carbocycles. The minimum absolute atomic E-state index is 0.781. The summed E-state index contributed by atoms with van der Waals surface area (Å²) in [6, 6.07) is 0. The van der Waals surface area contributed by atoms with Crippen LogP contribution in [0.1, 0.15) is 17.3 Å². The lowest BCUT2D eigenvalue weighted by Crippen LogP contribution is -1.96. The molecule has 13 heavy (non-hydrogen) atoms. The van der Waals surface area contributed by atoms with Crippen LogP contribution < -0.4 is 0 Å². The Morgan fingerprint density at radius 1 is 1.00 bits per heavy atom. The third kappa shape index (κ3) is 1.09. The first kappa shape index (κ1) is 8.16. The summed E-state index contributed by atoms with van der Waals surface area (Å²) in [6.45, 7) is 5.84. The summed E-state index contributed by atoms with van der Waals surface area (Å²) in [5.74, 6) is 1.75. The third-order valence-electron chi connectivity index (χ3n) is 2.24. The SMILES string of the molecule is Cc1nc(C)c2c(n1)nc(C)n2C. The van der Waals surface area contributed by atoms with Gasteiger partial charge in [-0.15, -0.1) is 0 Å². The molecule has 0 bridgehead atoms. The summed E-state index contributed by atoms with van der Waals surface area (Å²) in [7, 11) is 1.98. The minimum Gasteiger partial charge on any atom is -0.328 e. The van der Waals surface area contributed by atoms with E-state index < -0.39 is 0 Å². The molecule has 0 radical (unpaired) electrons. The zero-order chi connectivity index (χ0) is 9.59. The highest BCUT2D eigenvalue weighted by molar-refractivity contribution is 5.73. The number of fused-ring (bicyclic) bond motifs is 1. The van der Waals surface area contributed by atoms with Crippen LogP contribution in [-0.2, 0) is 7.05 Å². The molecule has 2 rings (SSSR count). The Morgan fingerprint density at radius 2 is 1.69 bits per heavy atom. The van der Waals surface area contributed by atoms with Crippen molar-refractivity contribution in [2.24, 2.45) is 7.05 Å². The molecule has 0 amide bonds. The monoisotopic (exact) mass is 176 g/mol. The predicted octanol–water partition coefficient (Wildman–Crippen LogP) is 1.29. The molecule has 0 aliphatic rings. The van der Waals surface area contributed by atoms with Gasteiger partial charge in [-0.2, -0.15) is 0 Å². The summed E-state index contributed by atoms with van der Waals surface area (Å²) >= 11 is 0. The maximum Gasteiger partial charge on any atom is 0.181 e. The van der Waals surface area contributed by atoms with Crippen LogP contribution in [0.2, 0.25) is 0 Å². The topological polar surface area (TPSA) is 43.6 Å². The van der Waals surface area contributed by atoms with Gasteiger partial charge in [0.2, 0.25) is 0 Å². The van der Waals surface area contributed by atoms with Crippen LogP contribution in [0.3, 0.4) is 0 Å². The molecular weight excluding hydrogens is 164 g/mol. The highest BCUT2D eigenvalue weighted by Gasteiger charge is 2.09. The molecule has 0 saturated carbocycles. The third-order valence-corrected chi connectivity index (χ3v) is 2.24. The van der Waals surface area contributed by atoms with Crippen molar-refractivity contribution < 1.29 is 0 Å². The number of hydrogen-bond acceptors (Lipinski definition) is 3. The number of imidazole rings is 1. The van der Waals surface area contributed by atoms with E-state index in [0.29, 0.717) is 0 Å². The Bertz CT molecular complexity index is 470. The van der Waals surface area contributed by atoms with Crippen LogP contribution in [-0.4, -0.2) is 19.5 Å². The van der Waals surface area contributed by atoms with Gasteiger partial charge in [-0.25, -0.2) is 15.0 Å². The van der Waals surface area contributed by atoms with Gasteiger partial charge >= 0.3 is 0 Å². The number of nitrogens with zero attached hydrogens (tertiary/aromatic N) is 4. The molecule has 0 saturated heterocycles. The van der Waals surface area contributed by atoms with Crippen molar-refractivity contribution in [3.63, 3.8) is 0 Å². The smallest absolute Gasteiger partial charge is 0.181 e. The van der Waals surface area contributed by atoms with Crippen molar-refractivity contribution in [3.8, 4) is 0 Å². The average Bonchev–Trinajstić information content (AvgIpc) is 2.27. The Kier molecular flexibility index (Phi) is 1.58. The first-order chi connectivity index (χ1) is 6.09. The van der Waals surface area contributed by atoms with Gasteiger partial charge in [0.15, 0.2) is 5.65 Å². The van der Waals surface area contributed by atoms with Crippen LogP contribution in [0.25, 0.3) is 11.2 Å². The fourth-order valence-corrected chi connectivity index (χ4v) is 1.55. The van der Waals surface area contributed by atoms with E-state index in [2.05, 4.69) is 15.0 Å². The zero-order valence-corrected chi connectivity index (χ0v) is 8.29. The second-order valence-electron chi connectivity index (χ2n) is 3.25. The summed E-state index contributed by atoms with van der Waals surface area (Å²) < 4.78 is 2.02. The maximum absolute atomic E-state index is 4.35. The van der Waals surface area contributed by atoms with Crippen molar-refractivity contribution in [2.45, 2.75) is 20.8 Å². The second-order valence-corrected chi connectivity index (χ2v) is 3.25. The van der Waals surface area contributed by atoms with E-state index in [0.717, 1.165) is 28.5 Å². The first-order valence-corrected chi connectivity index (χ1v) is 4.24. The number of hydrogen-bond donors (Lipinski definition) is 0. The van der Waals surface area contributed by atoms with E-state index in [1.165, 1.54) is 0 Å². The fourth-order valence-electron chi connectivity index (χ4n) is 1.55. The number of aryl methyl sites for hydroxylation is 4. The average molecular weight is 176 g/mol. The van der Waals surface area contributed by atoms with E-state index in [1.807, 2.05) is 32.4 Å². The lowest BCUT2D eigenvalue weighted by Gasteiger charge is -1.99. The molecule has 0 aliphatic heterocycles. The zero-order valence-electron chi connectivity index (χ0n) is 8.29. The standard InChI is InChI=1S/C9H12N4/c1-5-8-9(11-6(2)10-5)12-7(3)13(8)4/h1-4H3. The van der Waals surface area contributed by atoms with Crippen LogP contribution in [0, 0.1) is 20.8 Å². The molecule has 0 spiro atoms. The van der Waals surface area contributed by atoms with Crippen LogP contribution >= 0.6 is 0 Å². The first-order valence-electron chi connectivity index (χ1n) is 4.24. The van der Waals surface area contributed by atoms with Crippen molar-refractivity contribution in [2.75, 3.05) is 0 Å². The number of aromatic nitrogens is 4. The quantitative estimate of drug-likeness (QED) is 0.607. The largest absolute Gasteiger partial charge is 0.328 e. The molecule has 4 nitrogen and oxygen atoms in total. The van der Waals surface area contributed by atoms with Gasteiger partial charge in [-0.1, -0.05) is 0 Å². The van der Waals surface area contributed by atoms with Gasteiger partial charge in [0, 0.05) is 7.05 Å². The highest BCUT2D eigenvalue weighted by Crippen LogP contribution is 2.14. The molecule has 2 aromatic heterocycles. The van der Waals surface area contributed by atoms with Gasteiger partial charge in [-0.3, -0.25) is 0 Å². The normalized spacial score (nSPS) is 11.1. The highest BCUT2D eigenvalue weighted by atomic mass is 15.1. The molecule has 0 unspecified atom stereocenters. The predicted molar refractivity (Wildman–Crippen MR) is 50.5 cm³/mol. The summed E-state index contributed by atoms with van der Waals surface area (Å²) in [4.78, 5) is 12.9. The second kappa shape index (κ2) is 2.52. The van der Waals surface area contributed by atoms with E-state index in [1.54, 1.807) is 0 Å². The maximum atomic E-state index is 4.35. The van der Waals surface area contributed by atoms with Crippen LogP contribution in [0.4, 0.5) is 0 Å². The molecule has 0 N–H and O–H groups in total. The Morgan fingerprint density at radius 3 is 2.38 bits per heavy atom. The Balaban J connectivity index is 2.94. The van der Waals surface area contributed by atoms with Crippen LogP contribution in [0.5, 0.6) is 0 Å². The lowest BCUT2D eigenvalue weighted by molar-refractivity contribution is 0.879. The molecule has 2 aromatic rings. The van der Waals surface area contributed by atoms with Gasteiger partial charge in [0.25, 0.3) is 0 Å². The minimum atomic E-state index is 0.781. The molecule has 68 valence electrons. The van der Waals surface area contributed by atoms with Gasteiger partial charge in [0.05, 0.1) is 5.69 Å². The van der Waals surface area contributed by atoms with Crippen molar-refractivity contribution in [1.82, 2.24) is 19.5 Å².